The Morgan fingerprint density at radius 1 is 0.833 bits per heavy atom. The fourth-order valence-electron chi connectivity index (χ4n) is 2.99. The molecule has 158 valence electrons. The second-order valence-electron chi connectivity index (χ2n) is 7.62. The molecule has 1 aromatic rings. The number of imide groups is 2. The van der Waals surface area contributed by atoms with Gasteiger partial charge in [0, 0.05) is 0 Å². The van der Waals surface area contributed by atoms with Gasteiger partial charge in [0.15, 0.2) is 0 Å². The van der Waals surface area contributed by atoms with Crippen LogP contribution >= 0.6 is 0 Å². The van der Waals surface area contributed by atoms with Gasteiger partial charge in [0.2, 0.25) is 0 Å². The van der Waals surface area contributed by atoms with E-state index >= 15 is 0 Å². The SMILES string of the molecule is CCC1(C)NC(=O)N(/N=C/c2cccc(/C=N/N3C(=O)NC(C)(CC)C3=O)c2)C1=O. The summed E-state index contributed by atoms with van der Waals surface area (Å²) in [6, 6.07) is 5.75. The quantitative estimate of drug-likeness (QED) is 0.546. The summed E-state index contributed by atoms with van der Waals surface area (Å²) in [5.74, 6) is -0.831. The minimum absolute atomic E-state index is 0.415. The van der Waals surface area contributed by atoms with Crippen LogP contribution in [0.5, 0.6) is 0 Å². The fourth-order valence-corrected chi connectivity index (χ4v) is 2.99. The Morgan fingerprint density at radius 3 is 1.57 bits per heavy atom. The molecule has 0 bridgehead atoms. The zero-order chi connectivity index (χ0) is 22.1. The summed E-state index contributed by atoms with van der Waals surface area (Å²) in [6.07, 6.45) is 3.68. The zero-order valence-electron chi connectivity index (χ0n) is 17.3. The lowest BCUT2D eigenvalue weighted by Gasteiger charge is -2.17. The van der Waals surface area contributed by atoms with E-state index in [0.717, 1.165) is 10.0 Å². The maximum absolute atomic E-state index is 12.4. The molecule has 2 unspecified atom stereocenters. The number of nitrogens with one attached hydrogen (secondary N) is 2. The molecule has 2 heterocycles. The molecule has 2 N–H and O–H groups in total. The predicted octanol–water partition coefficient (Wildman–Crippen LogP) is 1.80. The molecule has 10 nitrogen and oxygen atoms in total. The van der Waals surface area contributed by atoms with Gasteiger partial charge in [-0.25, -0.2) is 9.59 Å². The lowest BCUT2D eigenvalue weighted by atomic mass is 10.00. The maximum Gasteiger partial charge on any atom is 0.346 e. The largest absolute Gasteiger partial charge is 0.346 e. The van der Waals surface area contributed by atoms with E-state index in [9.17, 15) is 19.2 Å². The summed E-state index contributed by atoms with van der Waals surface area (Å²) in [5.41, 5.74) is -0.696. The number of rotatable bonds is 6. The van der Waals surface area contributed by atoms with Gasteiger partial charge in [-0.3, -0.25) is 9.59 Å². The molecule has 2 aliphatic rings. The van der Waals surface area contributed by atoms with Crippen LogP contribution in [0.4, 0.5) is 9.59 Å². The van der Waals surface area contributed by atoms with Crippen LogP contribution in [0, 0.1) is 0 Å². The number of carbonyl (C=O) groups is 4. The summed E-state index contributed by atoms with van der Waals surface area (Å²) in [4.78, 5) is 48.8. The Labute approximate surface area is 174 Å². The Kier molecular flexibility index (Phi) is 5.43. The number of carbonyl (C=O) groups excluding carboxylic acids is 4. The van der Waals surface area contributed by atoms with Crippen LogP contribution < -0.4 is 10.6 Å². The molecule has 0 radical (unpaired) electrons. The van der Waals surface area contributed by atoms with Crippen molar-refractivity contribution in [1.29, 1.82) is 0 Å². The molecule has 1 aromatic carbocycles. The highest BCUT2D eigenvalue weighted by Crippen LogP contribution is 2.22. The van der Waals surface area contributed by atoms with E-state index in [1.165, 1.54) is 12.4 Å². The minimum Gasteiger partial charge on any atom is -0.322 e. The number of nitrogens with zero attached hydrogens (tertiary/aromatic N) is 4. The average molecular weight is 412 g/mol. The van der Waals surface area contributed by atoms with E-state index in [2.05, 4.69) is 20.8 Å². The van der Waals surface area contributed by atoms with Crippen molar-refractivity contribution < 1.29 is 19.2 Å². The van der Waals surface area contributed by atoms with Crippen molar-refractivity contribution in [2.45, 2.75) is 51.6 Å². The summed E-state index contributed by atoms with van der Waals surface area (Å²) in [5, 5.41) is 14.9. The minimum atomic E-state index is -0.960. The molecular formula is C20H24N6O4. The lowest BCUT2D eigenvalue weighted by Crippen LogP contribution is -2.42. The van der Waals surface area contributed by atoms with Crippen LogP contribution in [0.3, 0.4) is 0 Å². The highest BCUT2D eigenvalue weighted by molar-refractivity contribution is 6.08. The fraction of sp³-hybridized carbons (Fsp3) is 0.400. The van der Waals surface area contributed by atoms with Gasteiger partial charge >= 0.3 is 12.1 Å². The molecule has 2 fully saturated rings. The van der Waals surface area contributed by atoms with E-state index in [4.69, 9.17) is 0 Å². The van der Waals surface area contributed by atoms with Gasteiger partial charge in [-0.15, -0.1) is 10.0 Å². The third-order valence-electron chi connectivity index (χ3n) is 5.45. The van der Waals surface area contributed by atoms with Crippen molar-refractivity contribution in [1.82, 2.24) is 20.7 Å². The number of hydrogen-bond acceptors (Lipinski definition) is 6. The molecule has 2 aliphatic heterocycles. The topological polar surface area (TPSA) is 124 Å². The van der Waals surface area contributed by atoms with Gasteiger partial charge < -0.3 is 10.6 Å². The Hall–Kier alpha value is -3.56. The van der Waals surface area contributed by atoms with Crippen molar-refractivity contribution in [2.75, 3.05) is 0 Å². The molecule has 0 spiro atoms. The van der Waals surface area contributed by atoms with Gasteiger partial charge in [0.1, 0.15) is 11.1 Å². The van der Waals surface area contributed by atoms with Crippen LogP contribution in [0.2, 0.25) is 0 Å². The van der Waals surface area contributed by atoms with Crippen molar-refractivity contribution in [3.8, 4) is 0 Å². The van der Waals surface area contributed by atoms with Crippen LogP contribution in [0.15, 0.2) is 34.5 Å². The molecule has 6 amide bonds. The Bertz CT molecular complexity index is 901. The molecule has 2 atom stereocenters. The Morgan fingerprint density at radius 2 is 1.23 bits per heavy atom. The third-order valence-corrected chi connectivity index (χ3v) is 5.45. The predicted molar refractivity (Wildman–Crippen MR) is 110 cm³/mol. The number of benzene rings is 1. The molecule has 10 heteroatoms. The van der Waals surface area contributed by atoms with Crippen LogP contribution in [-0.4, -0.2) is 57.4 Å². The van der Waals surface area contributed by atoms with Gasteiger partial charge in [-0.1, -0.05) is 32.0 Å². The number of hydrogen-bond donors (Lipinski definition) is 2. The monoisotopic (exact) mass is 412 g/mol. The Balaban J connectivity index is 1.74. The van der Waals surface area contributed by atoms with E-state index in [1.807, 2.05) is 13.8 Å². The molecular weight excluding hydrogens is 388 g/mol. The zero-order valence-corrected chi connectivity index (χ0v) is 17.3. The number of urea groups is 2. The highest BCUT2D eigenvalue weighted by Gasteiger charge is 2.47. The maximum atomic E-state index is 12.4. The van der Waals surface area contributed by atoms with Crippen molar-refractivity contribution in [3.63, 3.8) is 0 Å². The van der Waals surface area contributed by atoms with E-state index in [1.54, 1.807) is 38.1 Å². The van der Waals surface area contributed by atoms with E-state index in [-0.39, 0.29) is 0 Å². The first-order valence-corrected chi connectivity index (χ1v) is 9.65. The van der Waals surface area contributed by atoms with E-state index < -0.39 is 35.0 Å². The van der Waals surface area contributed by atoms with Crippen molar-refractivity contribution in [3.05, 3.63) is 35.4 Å². The number of hydrazone groups is 2. The molecule has 2 saturated heterocycles. The first kappa shape index (κ1) is 21.2. The second kappa shape index (κ2) is 7.69. The lowest BCUT2D eigenvalue weighted by molar-refractivity contribution is -0.131. The van der Waals surface area contributed by atoms with Crippen molar-refractivity contribution in [2.24, 2.45) is 10.2 Å². The van der Waals surface area contributed by atoms with Gasteiger partial charge in [0.25, 0.3) is 11.8 Å². The van der Waals surface area contributed by atoms with Gasteiger partial charge in [-0.2, -0.15) is 10.2 Å². The summed E-state index contributed by atoms with van der Waals surface area (Å²) < 4.78 is 0. The van der Waals surface area contributed by atoms with E-state index in [0.29, 0.717) is 24.0 Å². The van der Waals surface area contributed by atoms with Crippen LogP contribution in [0.25, 0.3) is 0 Å². The molecule has 0 saturated carbocycles. The second-order valence-corrected chi connectivity index (χ2v) is 7.62. The van der Waals surface area contributed by atoms with Crippen LogP contribution in [0.1, 0.15) is 51.7 Å². The average Bonchev–Trinajstić information content (AvgIpc) is 3.08. The first-order chi connectivity index (χ1) is 14.1. The normalized spacial score (nSPS) is 26.9. The molecule has 3 rings (SSSR count). The molecule has 30 heavy (non-hydrogen) atoms. The third kappa shape index (κ3) is 3.68. The highest BCUT2D eigenvalue weighted by atomic mass is 16.2. The van der Waals surface area contributed by atoms with Gasteiger partial charge in [0.05, 0.1) is 12.4 Å². The summed E-state index contributed by atoms with van der Waals surface area (Å²) in [7, 11) is 0. The van der Waals surface area contributed by atoms with Crippen LogP contribution in [-0.2, 0) is 9.59 Å². The number of amides is 6. The summed E-state index contributed by atoms with van der Waals surface area (Å²) in [6.45, 7) is 6.92. The summed E-state index contributed by atoms with van der Waals surface area (Å²) >= 11 is 0. The smallest absolute Gasteiger partial charge is 0.322 e. The van der Waals surface area contributed by atoms with Crippen molar-refractivity contribution >= 4 is 36.3 Å². The first-order valence-electron chi connectivity index (χ1n) is 9.65. The standard InChI is InChI=1S/C20H24N6O4/c1-5-19(3)15(27)25(17(29)23-19)21-11-13-8-7-9-14(10-13)12-22-26-16(28)20(4,6-2)24-18(26)30/h7-12H,5-6H2,1-4H3,(H,23,29)(H,24,30)/b21-11+,22-12+. The molecule has 0 aromatic heterocycles. The van der Waals surface area contributed by atoms with Gasteiger partial charge in [-0.05, 0) is 43.9 Å². The molecule has 0 aliphatic carbocycles.